The van der Waals surface area contributed by atoms with Crippen LogP contribution in [0.5, 0.6) is 0 Å². The number of carbonyl (C=O) groups excluding carboxylic acids is 2. The zero-order chi connectivity index (χ0) is 18.2. The molecule has 2 rings (SSSR count). The first-order valence-electron chi connectivity index (χ1n) is 8.46. The predicted octanol–water partition coefficient (Wildman–Crippen LogP) is 1.77. The summed E-state index contributed by atoms with van der Waals surface area (Å²) in [4.78, 5) is 23.9. The molecular formula is C19H26N3O2S+. The van der Waals surface area contributed by atoms with Crippen molar-refractivity contribution in [1.82, 2.24) is 10.9 Å². The van der Waals surface area contributed by atoms with E-state index < -0.39 is 0 Å². The molecule has 25 heavy (non-hydrogen) atoms. The van der Waals surface area contributed by atoms with E-state index in [4.69, 9.17) is 0 Å². The number of rotatable bonds is 7. The fourth-order valence-electron chi connectivity index (χ4n) is 2.65. The molecule has 134 valence electrons. The summed E-state index contributed by atoms with van der Waals surface area (Å²) in [7, 11) is 0. The Hall–Kier alpha value is -2.18. The monoisotopic (exact) mass is 360 g/mol. The van der Waals surface area contributed by atoms with E-state index in [0.29, 0.717) is 5.92 Å². The third kappa shape index (κ3) is 6.32. The minimum absolute atomic E-state index is 0.0659. The highest BCUT2D eigenvalue weighted by molar-refractivity contribution is 7.10. The zero-order valence-electron chi connectivity index (χ0n) is 14.9. The summed E-state index contributed by atoms with van der Waals surface area (Å²) in [5.41, 5.74) is 7.21. The van der Waals surface area contributed by atoms with E-state index in [1.165, 1.54) is 22.9 Å². The summed E-state index contributed by atoms with van der Waals surface area (Å²) in [5.74, 6) is 0.111. The summed E-state index contributed by atoms with van der Waals surface area (Å²) in [6, 6.07) is 12.8. The molecule has 0 aliphatic heterocycles. The fourth-order valence-corrected chi connectivity index (χ4v) is 3.50. The summed E-state index contributed by atoms with van der Waals surface area (Å²) < 4.78 is 0. The second kappa shape index (κ2) is 9.34. The third-order valence-electron chi connectivity index (χ3n) is 3.75. The van der Waals surface area contributed by atoms with Crippen LogP contribution in [-0.2, 0) is 16.0 Å². The van der Waals surface area contributed by atoms with Gasteiger partial charge in [0.15, 0.2) is 6.54 Å². The zero-order valence-corrected chi connectivity index (χ0v) is 15.7. The third-order valence-corrected chi connectivity index (χ3v) is 4.70. The summed E-state index contributed by atoms with van der Waals surface area (Å²) in [6.07, 6.45) is 1.06. The topological polar surface area (TPSA) is 74.8 Å². The summed E-state index contributed by atoms with van der Waals surface area (Å²) in [6.45, 7) is 6.02. The van der Waals surface area contributed by atoms with Crippen molar-refractivity contribution in [2.45, 2.75) is 33.2 Å². The molecule has 0 saturated carbocycles. The number of quaternary nitrogens is 1. The SMILES string of the molecule is CC(=O)NNC(=O)C[NH2+][C@@H](c1ccc(CC(C)C)cc1)c1cccs1. The van der Waals surface area contributed by atoms with Gasteiger partial charge in [0.1, 0.15) is 6.04 Å². The number of nitrogens with one attached hydrogen (secondary N) is 2. The van der Waals surface area contributed by atoms with Gasteiger partial charge in [0.25, 0.3) is 5.91 Å². The average molecular weight is 361 g/mol. The molecule has 0 unspecified atom stereocenters. The van der Waals surface area contributed by atoms with Gasteiger partial charge in [0.2, 0.25) is 5.91 Å². The normalized spacial score (nSPS) is 12.0. The van der Waals surface area contributed by atoms with Gasteiger partial charge in [-0.15, -0.1) is 11.3 Å². The predicted molar refractivity (Wildman–Crippen MR) is 99.9 cm³/mol. The second-order valence-corrected chi connectivity index (χ2v) is 7.48. The van der Waals surface area contributed by atoms with Crippen molar-refractivity contribution < 1.29 is 14.9 Å². The van der Waals surface area contributed by atoms with Gasteiger partial charge in [0, 0.05) is 12.5 Å². The lowest BCUT2D eigenvalue weighted by Gasteiger charge is -2.15. The van der Waals surface area contributed by atoms with Crippen LogP contribution < -0.4 is 16.2 Å². The first kappa shape index (κ1) is 19.1. The number of carbonyl (C=O) groups is 2. The first-order valence-corrected chi connectivity index (χ1v) is 9.34. The van der Waals surface area contributed by atoms with Gasteiger partial charge in [0.05, 0.1) is 4.88 Å². The van der Waals surface area contributed by atoms with Crippen molar-refractivity contribution >= 4 is 23.2 Å². The average Bonchev–Trinajstić information content (AvgIpc) is 3.08. The first-order chi connectivity index (χ1) is 12.0. The Bertz CT molecular complexity index is 681. The van der Waals surface area contributed by atoms with E-state index in [1.807, 2.05) is 16.8 Å². The number of benzene rings is 1. The molecule has 0 aliphatic carbocycles. The van der Waals surface area contributed by atoms with Crippen molar-refractivity contribution in [3.8, 4) is 0 Å². The largest absolute Gasteiger partial charge is 0.328 e. The van der Waals surface area contributed by atoms with E-state index in [0.717, 1.165) is 6.42 Å². The van der Waals surface area contributed by atoms with E-state index >= 15 is 0 Å². The molecule has 0 saturated heterocycles. The Kier molecular flexibility index (Phi) is 7.16. The van der Waals surface area contributed by atoms with E-state index in [9.17, 15) is 9.59 Å². The number of thiophene rings is 1. The van der Waals surface area contributed by atoms with Crippen LogP contribution in [0.2, 0.25) is 0 Å². The van der Waals surface area contributed by atoms with Gasteiger partial charge in [-0.3, -0.25) is 20.4 Å². The Labute approximate surface area is 152 Å². The quantitative estimate of drug-likeness (QED) is 0.658. The highest BCUT2D eigenvalue weighted by Crippen LogP contribution is 2.23. The number of nitrogens with two attached hydrogens (primary N) is 1. The lowest BCUT2D eigenvalue weighted by atomic mass is 9.99. The van der Waals surface area contributed by atoms with Crippen LogP contribution in [0.1, 0.15) is 42.8 Å². The lowest BCUT2D eigenvalue weighted by molar-refractivity contribution is -0.676. The maximum absolute atomic E-state index is 11.9. The van der Waals surface area contributed by atoms with E-state index in [1.54, 1.807) is 11.3 Å². The van der Waals surface area contributed by atoms with Crippen molar-refractivity contribution in [3.05, 3.63) is 57.8 Å². The molecule has 0 aliphatic rings. The standard InChI is InChI=1S/C19H25N3O2S/c1-13(2)11-15-6-8-16(9-7-15)19(17-5-4-10-25-17)20-12-18(24)22-21-14(3)23/h4-10,13,19-20H,11-12H2,1-3H3,(H,21,23)(H,22,24)/p+1/t19-/m0/s1. The molecule has 2 amide bonds. The summed E-state index contributed by atoms with van der Waals surface area (Å²) >= 11 is 1.68. The van der Waals surface area contributed by atoms with Gasteiger partial charge in [-0.25, -0.2) is 0 Å². The molecule has 0 fully saturated rings. The Morgan fingerprint density at radius 3 is 2.40 bits per heavy atom. The van der Waals surface area contributed by atoms with Gasteiger partial charge >= 0.3 is 0 Å². The molecule has 5 nitrogen and oxygen atoms in total. The number of hydrogen-bond acceptors (Lipinski definition) is 3. The molecule has 6 heteroatoms. The number of amides is 2. The molecule has 0 spiro atoms. The van der Waals surface area contributed by atoms with Crippen LogP contribution in [0.3, 0.4) is 0 Å². The lowest BCUT2D eigenvalue weighted by Crippen LogP contribution is -2.88. The van der Waals surface area contributed by atoms with Crippen LogP contribution in [0.4, 0.5) is 0 Å². The molecular weight excluding hydrogens is 334 g/mol. The maximum atomic E-state index is 11.9. The molecule has 1 heterocycles. The minimum Gasteiger partial charge on any atom is -0.328 e. The Morgan fingerprint density at radius 1 is 1.12 bits per heavy atom. The minimum atomic E-state index is -0.288. The second-order valence-electron chi connectivity index (χ2n) is 6.50. The molecule has 0 radical (unpaired) electrons. The molecule has 4 N–H and O–H groups in total. The molecule has 1 aromatic carbocycles. The Balaban J connectivity index is 2.06. The number of hydrogen-bond donors (Lipinski definition) is 3. The highest BCUT2D eigenvalue weighted by Gasteiger charge is 2.20. The van der Waals surface area contributed by atoms with E-state index in [-0.39, 0.29) is 24.4 Å². The van der Waals surface area contributed by atoms with Crippen molar-refractivity contribution in [2.75, 3.05) is 6.54 Å². The van der Waals surface area contributed by atoms with E-state index in [2.05, 4.69) is 55.0 Å². The van der Waals surface area contributed by atoms with Gasteiger partial charge < -0.3 is 5.32 Å². The molecule has 0 bridgehead atoms. The van der Waals surface area contributed by atoms with Gasteiger partial charge in [-0.2, -0.15) is 0 Å². The van der Waals surface area contributed by atoms with Crippen LogP contribution >= 0.6 is 11.3 Å². The number of hydrazine groups is 1. The van der Waals surface area contributed by atoms with Gasteiger partial charge in [-0.1, -0.05) is 44.2 Å². The van der Waals surface area contributed by atoms with Crippen molar-refractivity contribution in [3.63, 3.8) is 0 Å². The maximum Gasteiger partial charge on any atom is 0.293 e. The molecule has 1 atom stereocenters. The summed E-state index contributed by atoms with van der Waals surface area (Å²) in [5, 5.41) is 4.03. The smallest absolute Gasteiger partial charge is 0.293 e. The van der Waals surface area contributed by atoms with Crippen LogP contribution in [0.15, 0.2) is 41.8 Å². The highest BCUT2D eigenvalue weighted by atomic mass is 32.1. The van der Waals surface area contributed by atoms with Crippen LogP contribution in [-0.4, -0.2) is 18.4 Å². The van der Waals surface area contributed by atoms with Crippen molar-refractivity contribution in [2.24, 2.45) is 5.92 Å². The fraction of sp³-hybridized carbons (Fsp3) is 0.368. The molecule has 2 aromatic rings. The Morgan fingerprint density at radius 2 is 1.84 bits per heavy atom. The van der Waals surface area contributed by atoms with Crippen LogP contribution in [0, 0.1) is 5.92 Å². The van der Waals surface area contributed by atoms with Crippen molar-refractivity contribution in [1.29, 1.82) is 0 Å². The van der Waals surface area contributed by atoms with Gasteiger partial charge in [-0.05, 0) is 29.3 Å². The van der Waals surface area contributed by atoms with Crippen LogP contribution in [0.25, 0.3) is 0 Å². The molecule has 1 aromatic heterocycles.